The summed E-state index contributed by atoms with van der Waals surface area (Å²) in [4.78, 5) is 0. The summed E-state index contributed by atoms with van der Waals surface area (Å²) in [7, 11) is 1.64. The average Bonchev–Trinajstić information content (AvgIpc) is 2.39. The van der Waals surface area contributed by atoms with E-state index in [9.17, 15) is 0 Å². The van der Waals surface area contributed by atoms with Crippen molar-refractivity contribution in [3.63, 3.8) is 0 Å². The molecule has 114 valence electrons. The molecule has 0 saturated heterocycles. The van der Waals surface area contributed by atoms with Crippen LogP contribution in [0.3, 0.4) is 0 Å². The van der Waals surface area contributed by atoms with Crippen LogP contribution in [0.5, 0.6) is 5.75 Å². The summed E-state index contributed by atoms with van der Waals surface area (Å²) in [6.45, 7) is 8.78. The molecule has 1 aromatic carbocycles. The predicted octanol–water partition coefficient (Wildman–Crippen LogP) is 5.04. The Morgan fingerprint density at radius 1 is 1.25 bits per heavy atom. The van der Waals surface area contributed by atoms with Crippen LogP contribution in [0, 0.1) is 5.41 Å². The molecule has 0 aromatic heterocycles. The van der Waals surface area contributed by atoms with E-state index in [-0.39, 0.29) is 0 Å². The minimum Gasteiger partial charge on any atom is -0.495 e. The second kappa shape index (κ2) is 8.53. The van der Waals surface area contributed by atoms with Crippen LogP contribution in [-0.4, -0.2) is 13.7 Å². The fourth-order valence-corrected chi connectivity index (χ4v) is 2.59. The number of hydrogen-bond donors (Lipinski definition) is 1. The Morgan fingerprint density at radius 3 is 2.60 bits per heavy atom. The van der Waals surface area contributed by atoms with Crippen LogP contribution in [-0.2, 0) is 6.54 Å². The van der Waals surface area contributed by atoms with E-state index in [1.54, 1.807) is 7.11 Å². The van der Waals surface area contributed by atoms with Crippen molar-refractivity contribution >= 4 is 11.6 Å². The second-order valence-corrected chi connectivity index (χ2v) is 6.60. The van der Waals surface area contributed by atoms with Gasteiger partial charge in [0, 0.05) is 13.1 Å². The second-order valence-electron chi connectivity index (χ2n) is 6.19. The molecule has 0 radical (unpaired) electrons. The number of hydrogen-bond acceptors (Lipinski definition) is 2. The number of benzene rings is 1. The van der Waals surface area contributed by atoms with Crippen LogP contribution < -0.4 is 10.1 Å². The van der Waals surface area contributed by atoms with Gasteiger partial charge in [-0.1, -0.05) is 57.7 Å². The largest absolute Gasteiger partial charge is 0.495 e. The maximum Gasteiger partial charge on any atom is 0.137 e. The third-order valence-electron chi connectivity index (χ3n) is 3.61. The SMILES string of the molecule is CCCCCC(C)(C)CNCc1ccc(OC)c(Cl)c1. The fourth-order valence-electron chi connectivity index (χ4n) is 2.31. The zero-order valence-electron chi connectivity index (χ0n) is 13.3. The first-order chi connectivity index (χ1) is 9.48. The first kappa shape index (κ1) is 17.3. The van der Waals surface area contributed by atoms with Crippen molar-refractivity contribution in [2.45, 2.75) is 53.0 Å². The number of ether oxygens (including phenoxy) is 1. The van der Waals surface area contributed by atoms with E-state index >= 15 is 0 Å². The lowest BCUT2D eigenvalue weighted by atomic mass is 9.87. The molecule has 1 rings (SSSR count). The van der Waals surface area contributed by atoms with Crippen LogP contribution in [0.1, 0.15) is 52.0 Å². The van der Waals surface area contributed by atoms with Crippen LogP contribution in [0.25, 0.3) is 0 Å². The van der Waals surface area contributed by atoms with Gasteiger partial charge in [-0.25, -0.2) is 0 Å². The fraction of sp³-hybridized carbons (Fsp3) is 0.647. The lowest BCUT2D eigenvalue weighted by Gasteiger charge is -2.25. The zero-order chi connectivity index (χ0) is 15.0. The van der Waals surface area contributed by atoms with Gasteiger partial charge in [0.25, 0.3) is 0 Å². The molecule has 0 saturated carbocycles. The quantitative estimate of drug-likeness (QED) is 0.644. The highest BCUT2D eigenvalue weighted by molar-refractivity contribution is 6.32. The molecule has 0 spiro atoms. The van der Waals surface area contributed by atoms with E-state index in [2.05, 4.69) is 32.2 Å². The highest BCUT2D eigenvalue weighted by Gasteiger charge is 2.16. The summed E-state index contributed by atoms with van der Waals surface area (Å²) in [5.74, 6) is 0.732. The molecule has 20 heavy (non-hydrogen) atoms. The van der Waals surface area contributed by atoms with Crippen LogP contribution >= 0.6 is 11.6 Å². The first-order valence-corrected chi connectivity index (χ1v) is 7.89. The molecule has 0 aliphatic rings. The Hall–Kier alpha value is -0.730. The summed E-state index contributed by atoms with van der Waals surface area (Å²) in [6.07, 6.45) is 5.21. The third kappa shape index (κ3) is 6.15. The monoisotopic (exact) mass is 297 g/mol. The molecule has 3 heteroatoms. The molecule has 0 atom stereocenters. The Bertz CT molecular complexity index is 404. The van der Waals surface area contributed by atoms with Gasteiger partial charge in [0.05, 0.1) is 12.1 Å². The number of unbranched alkanes of at least 4 members (excludes halogenated alkanes) is 2. The summed E-state index contributed by atoms with van der Waals surface area (Å²) < 4.78 is 5.16. The minimum atomic E-state index is 0.353. The third-order valence-corrected chi connectivity index (χ3v) is 3.90. The summed E-state index contributed by atoms with van der Waals surface area (Å²) in [5.41, 5.74) is 1.55. The molecule has 0 heterocycles. The van der Waals surface area contributed by atoms with Crippen molar-refractivity contribution in [3.05, 3.63) is 28.8 Å². The van der Waals surface area contributed by atoms with Gasteiger partial charge in [-0.3, -0.25) is 0 Å². The van der Waals surface area contributed by atoms with E-state index in [0.717, 1.165) is 18.8 Å². The zero-order valence-corrected chi connectivity index (χ0v) is 14.0. The number of nitrogens with one attached hydrogen (secondary N) is 1. The van der Waals surface area contributed by atoms with Gasteiger partial charge in [-0.2, -0.15) is 0 Å². The highest BCUT2D eigenvalue weighted by atomic mass is 35.5. The van der Waals surface area contributed by atoms with Gasteiger partial charge in [-0.05, 0) is 29.5 Å². The molecule has 1 aromatic rings. The summed E-state index contributed by atoms with van der Waals surface area (Å²) in [5, 5.41) is 4.21. The van der Waals surface area contributed by atoms with Crippen molar-refractivity contribution in [1.82, 2.24) is 5.32 Å². The van der Waals surface area contributed by atoms with Crippen molar-refractivity contribution < 1.29 is 4.74 Å². The van der Waals surface area contributed by atoms with Gasteiger partial charge in [0.2, 0.25) is 0 Å². The van der Waals surface area contributed by atoms with E-state index in [4.69, 9.17) is 16.3 Å². The van der Waals surface area contributed by atoms with E-state index in [1.807, 2.05) is 12.1 Å². The Kier molecular flexibility index (Phi) is 7.39. The number of methoxy groups -OCH3 is 1. The van der Waals surface area contributed by atoms with Gasteiger partial charge < -0.3 is 10.1 Å². The molecule has 0 aliphatic heterocycles. The molecule has 0 fully saturated rings. The van der Waals surface area contributed by atoms with Crippen molar-refractivity contribution in [3.8, 4) is 5.75 Å². The Balaban J connectivity index is 2.38. The van der Waals surface area contributed by atoms with E-state index < -0.39 is 0 Å². The molecule has 0 bridgehead atoms. The topological polar surface area (TPSA) is 21.3 Å². The van der Waals surface area contributed by atoms with Gasteiger partial charge in [0.1, 0.15) is 5.75 Å². The predicted molar refractivity (Wildman–Crippen MR) is 87.6 cm³/mol. The molecule has 0 unspecified atom stereocenters. The maximum absolute atomic E-state index is 6.13. The average molecular weight is 298 g/mol. The number of rotatable bonds is 9. The smallest absolute Gasteiger partial charge is 0.137 e. The van der Waals surface area contributed by atoms with Gasteiger partial charge in [0.15, 0.2) is 0 Å². The van der Waals surface area contributed by atoms with Crippen molar-refractivity contribution in [1.29, 1.82) is 0 Å². The van der Waals surface area contributed by atoms with Gasteiger partial charge in [-0.15, -0.1) is 0 Å². The molecule has 1 N–H and O–H groups in total. The Labute approximate surface area is 128 Å². The Morgan fingerprint density at radius 2 is 2.00 bits per heavy atom. The van der Waals surface area contributed by atoms with Crippen LogP contribution in [0.4, 0.5) is 0 Å². The minimum absolute atomic E-state index is 0.353. The van der Waals surface area contributed by atoms with Crippen molar-refractivity contribution in [2.24, 2.45) is 5.41 Å². The maximum atomic E-state index is 6.13. The standard InChI is InChI=1S/C17H28ClNO/c1-5-6-7-10-17(2,3)13-19-12-14-8-9-16(20-4)15(18)11-14/h8-9,11,19H,5-7,10,12-13H2,1-4H3. The first-order valence-electron chi connectivity index (χ1n) is 7.51. The molecular formula is C17H28ClNO. The highest BCUT2D eigenvalue weighted by Crippen LogP contribution is 2.25. The molecular weight excluding hydrogens is 270 g/mol. The van der Waals surface area contributed by atoms with E-state index in [1.165, 1.54) is 31.2 Å². The molecule has 0 aliphatic carbocycles. The van der Waals surface area contributed by atoms with Gasteiger partial charge >= 0.3 is 0 Å². The lowest BCUT2D eigenvalue weighted by molar-refractivity contribution is 0.302. The van der Waals surface area contributed by atoms with Crippen LogP contribution in [0.2, 0.25) is 5.02 Å². The molecule has 2 nitrogen and oxygen atoms in total. The number of halogens is 1. The van der Waals surface area contributed by atoms with Crippen molar-refractivity contribution in [2.75, 3.05) is 13.7 Å². The summed E-state index contributed by atoms with van der Waals surface area (Å²) >= 11 is 6.13. The normalized spacial score (nSPS) is 11.7. The lowest BCUT2D eigenvalue weighted by Crippen LogP contribution is -2.29. The summed E-state index contributed by atoms with van der Waals surface area (Å²) in [6, 6.07) is 5.95. The molecule has 0 amide bonds. The van der Waals surface area contributed by atoms with Crippen LogP contribution in [0.15, 0.2) is 18.2 Å². The van der Waals surface area contributed by atoms with E-state index in [0.29, 0.717) is 10.4 Å².